The molecule has 0 fully saturated rings. The van der Waals surface area contributed by atoms with Gasteiger partial charge in [0.1, 0.15) is 13.2 Å². The van der Waals surface area contributed by atoms with E-state index in [-0.39, 0.29) is 31.1 Å². The summed E-state index contributed by atoms with van der Waals surface area (Å²) in [5.41, 5.74) is 0. The molecule has 1 atom stereocenters. The lowest BCUT2D eigenvalue weighted by atomic mass is 10.1. The predicted octanol–water partition coefficient (Wildman–Crippen LogP) is 17.6. The topological polar surface area (TPSA) is 78.9 Å². The van der Waals surface area contributed by atoms with Crippen LogP contribution >= 0.6 is 0 Å². The zero-order chi connectivity index (χ0) is 45.8. The molecule has 0 unspecified atom stereocenters. The van der Waals surface area contributed by atoms with E-state index in [4.69, 9.17) is 14.2 Å². The summed E-state index contributed by atoms with van der Waals surface area (Å²) in [5, 5.41) is 0. The average molecular weight is 881 g/mol. The summed E-state index contributed by atoms with van der Waals surface area (Å²) in [6.07, 6.45) is 63.4. The molecule has 6 nitrogen and oxygen atoms in total. The van der Waals surface area contributed by atoms with Gasteiger partial charge in [0.2, 0.25) is 0 Å². The molecule has 0 heterocycles. The van der Waals surface area contributed by atoms with E-state index in [0.717, 1.165) is 96.3 Å². The van der Waals surface area contributed by atoms with E-state index in [1.54, 1.807) is 0 Å². The van der Waals surface area contributed by atoms with Gasteiger partial charge in [-0.2, -0.15) is 0 Å². The molecule has 0 aromatic carbocycles. The summed E-state index contributed by atoms with van der Waals surface area (Å²) in [4.78, 5) is 38.0. The van der Waals surface area contributed by atoms with Gasteiger partial charge in [0.05, 0.1) is 0 Å². The van der Waals surface area contributed by atoms with E-state index >= 15 is 0 Å². The number of hydrogen-bond acceptors (Lipinski definition) is 6. The Balaban J connectivity index is 4.38. The van der Waals surface area contributed by atoms with Gasteiger partial charge in [-0.25, -0.2) is 0 Å². The highest BCUT2D eigenvalue weighted by Gasteiger charge is 2.19. The molecular weight excluding hydrogens is 781 g/mol. The Morgan fingerprint density at radius 2 is 0.587 bits per heavy atom. The molecule has 63 heavy (non-hydrogen) atoms. The fourth-order valence-electron chi connectivity index (χ4n) is 7.37. The Labute approximate surface area is 390 Å². The number of rotatable bonds is 48. The zero-order valence-corrected chi connectivity index (χ0v) is 41.6. The fourth-order valence-corrected chi connectivity index (χ4v) is 7.37. The number of carbonyl (C=O) groups is 3. The minimum Gasteiger partial charge on any atom is -0.462 e. The summed E-state index contributed by atoms with van der Waals surface area (Å²) in [6.45, 7) is 6.55. The first-order valence-electron chi connectivity index (χ1n) is 26.8. The fraction of sp³-hybridized carbons (Fsp3) is 0.772. The van der Waals surface area contributed by atoms with Crippen LogP contribution in [0.1, 0.15) is 265 Å². The standard InChI is InChI=1S/C57H100O6/c1-4-7-10-13-16-19-22-24-26-28-30-32-35-37-40-43-46-49-55(58)61-52-54(63-57(60)51-48-45-42-39-34-21-18-15-12-9-6-3)53-62-56(59)50-47-44-41-38-36-33-31-29-27-25-23-20-17-14-11-8-5-2/h15-16,18-19,24-27,30,32,54H,4-14,17,20-23,28-29,31,33-53H2,1-3H3/b18-15-,19-16-,26-24-,27-25-,32-30-/t54-/m1/s1. The number of unbranched alkanes of at least 4 members (excludes halogenated alkanes) is 27. The second-order valence-corrected chi connectivity index (χ2v) is 17.8. The molecular formula is C57H100O6. The maximum absolute atomic E-state index is 12.8. The van der Waals surface area contributed by atoms with Gasteiger partial charge in [0.15, 0.2) is 6.10 Å². The van der Waals surface area contributed by atoms with Crippen LogP contribution in [0.2, 0.25) is 0 Å². The maximum atomic E-state index is 12.8. The Morgan fingerprint density at radius 1 is 0.317 bits per heavy atom. The van der Waals surface area contributed by atoms with Crippen molar-refractivity contribution in [3.05, 3.63) is 60.8 Å². The molecule has 0 aliphatic heterocycles. The van der Waals surface area contributed by atoms with Crippen LogP contribution in [0.3, 0.4) is 0 Å². The van der Waals surface area contributed by atoms with Gasteiger partial charge >= 0.3 is 17.9 Å². The van der Waals surface area contributed by atoms with E-state index in [9.17, 15) is 14.4 Å². The number of allylic oxidation sites excluding steroid dienone is 10. The lowest BCUT2D eigenvalue weighted by Gasteiger charge is -2.18. The molecule has 0 spiro atoms. The predicted molar refractivity (Wildman–Crippen MR) is 270 cm³/mol. The quantitative estimate of drug-likeness (QED) is 0.0262. The van der Waals surface area contributed by atoms with Crippen molar-refractivity contribution in [2.75, 3.05) is 13.2 Å². The SMILES string of the molecule is CCCC/C=C\CCCCCCCC(=O)O[C@H](COC(=O)CCCCCC/C=C\C/C=C\C/C=C\CCCCC)COC(=O)CCCCCCCCC/C=C\CCCCCCCC. The van der Waals surface area contributed by atoms with Crippen LogP contribution in [0.5, 0.6) is 0 Å². The first-order valence-corrected chi connectivity index (χ1v) is 26.8. The highest BCUT2D eigenvalue weighted by Crippen LogP contribution is 2.14. The van der Waals surface area contributed by atoms with E-state index in [1.165, 1.54) is 128 Å². The minimum absolute atomic E-state index is 0.0868. The largest absolute Gasteiger partial charge is 0.462 e. The van der Waals surface area contributed by atoms with E-state index in [1.807, 2.05) is 0 Å². The van der Waals surface area contributed by atoms with Crippen molar-refractivity contribution in [3.63, 3.8) is 0 Å². The zero-order valence-electron chi connectivity index (χ0n) is 41.6. The van der Waals surface area contributed by atoms with Crippen molar-refractivity contribution in [1.82, 2.24) is 0 Å². The molecule has 0 aromatic rings. The van der Waals surface area contributed by atoms with Gasteiger partial charge in [0, 0.05) is 19.3 Å². The van der Waals surface area contributed by atoms with Crippen molar-refractivity contribution in [1.29, 1.82) is 0 Å². The molecule has 0 aliphatic carbocycles. The molecule has 0 saturated carbocycles. The third-order valence-corrected chi connectivity index (χ3v) is 11.5. The van der Waals surface area contributed by atoms with Crippen LogP contribution in [0.4, 0.5) is 0 Å². The van der Waals surface area contributed by atoms with Crippen molar-refractivity contribution >= 4 is 17.9 Å². The highest BCUT2D eigenvalue weighted by molar-refractivity contribution is 5.71. The normalized spacial score (nSPS) is 12.5. The number of carbonyl (C=O) groups excluding carboxylic acids is 3. The van der Waals surface area contributed by atoms with Gasteiger partial charge in [0.25, 0.3) is 0 Å². The van der Waals surface area contributed by atoms with E-state index in [0.29, 0.717) is 19.3 Å². The van der Waals surface area contributed by atoms with Crippen LogP contribution < -0.4 is 0 Å². The van der Waals surface area contributed by atoms with Crippen LogP contribution in [0.15, 0.2) is 60.8 Å². The van der Waals surface area contributed by atoms with E-state index < -0.39 is 6.10 Å². The summed E-state index contributed by atoms with van der Waals surface area (Å²) in [6, 6.07) is 0. The first kappa shape index (κ1) is 60.1. The van der Waals surface area contributed by atoms with Crippen molar-refractivity contribution in [2.24, 2.45) is 0 Å². The molecule has 0 saturated heterocycles. The molecule has 0 bridgehead atoms. The number of hydrogen-bond donors (Lipinski definition) is 0. The lowest BCUT2D eigenvalue weighted by molar-refractivity contribution is -0.167. The molecule has 364 valence electrons. The summed E-state index contributed by atoms with van der Waals surface area (Å²) in [7, 11) is 0. The van der Waals surface area contributed by atoms with E-state index in [2.05, 4.69) is 81.5 Å². The Kier molecular flexibility index (Phi) is 49.4. The van der Waals surface area contributed by atoms with Gasteiger partial charge in [-0.1, -0.05) is 204 Å². The average Bonchev–Trinajstić information content (AvgIpc) is 3.28. The molecule has 0 aliphatic rings. The van der Waals surface area contributed by atoms with Gasteiger partial charge < -0.3 is 14.2 Å². The first-order chi connectivity index (χ1) is 31.0. The Morgan fingerprint density at radius 3 is 0.984 bits per heavy atom. The molecule has 0 rings (SSSR count). The summed E-state index contributed by atoms with van der Waals surface area (Å²) >= 11 is 0. The van der Waals surface area contributed by atoms with Gasteiger partial charge in [-0.3, -0.25) is 14.4 Å². The third kappa shape index (κ3) is 50.0. The summed E-state index contributed by atoms with van der Waals surface area (Å²) in [5.74, 6) is -0.918. The van der Waals surface area contributed by atoms with Crippen molar-refractivity contribution < 1.29 is 28.6 Å². The second-order valence-electron chi connectivity index (χ2n) is 17.8. The molecule has 6 heteroatoms. The lowest BCUT2D eigenvalue weighted by Crippen LogP contribution is -2.30. The Hall–Kier alpha value is -2.89. The van der Waals surface area contributed by atoms with Crippen LogP contribution in [0, 0.1) is 0 Å². The highest BCUT2D eigenvalue weighted by atomic mass is 16.6. The molecule has 0 aromatic heterocycles. The van der Waals surface area contributed by atoms with Crippen molar-refractivity contribution in [2.45, 2.75) is 271 Å². The van der Waals surface area contributed by atoms with Crippen LogP contribution in [-0.4, -0.2) is 37.2 Å². The summed E-state index contributed by atoms with van der Waals surface area (Å²) < 4.78 is 16.8. The Bertz CT molecular complexity index is 1150. The van der Waals surface area contributed by atoms with Crippen molar-refractivity contribution in [3.8, 4) is 0 Å². The smallest absolute Gasteiger partial charge is 0.306 e. The van der Waals surface area contributed by atoms with Gasteiger partial charge in [-0.05, 0) is 103 Å². The van der Waals surface area contributed by atoms with Crippen LogP contribution in [0.25, 0.3) is 0 Å². The monoisotopic (exact) mass is 881 g/mol. The number of esters is 3. The third-order valence-electron chi connectivity index (χ3n) is 11.5. The maximum Gasteiger partial charge on any atom is 0.306 e. The molecule has 0 radical (unpaired) electrons. The van der Waals surface area contributed by atoms with Gasteiger partial charge in [-0.15, -0.1) is 0 Å². The second kappa shape index (κ2) is 51.7. The molecule has 0 amide bonds. The minimum atomic E-state index is -0.788. The molecule has 0 N–H and O–H groups in total. The van der Waals surface area contributed by atoms with Crippen LogP contribution in [-0.2, 0) is 28.6 Å². The number of ether oxygens (including phenoxy) is 3.